The molecule has 7 heteroatoms. The molecule has 0 atom stereocenters. The van der Waals surface area contributed by atoms with Crippen LogP contribution in [0.2, 0.25) is 0 Å². The van der Waals surface area contributed by atoms with Crippen LogP contribution < -0.4 is 14.4 Å². The number of fused-ring (bicyclic) bond motifs is 1. The number of nitrogens with zero attached hydrogens (tertiary/aromatic N) is 3. The van der Waals surface area contributed by atoms with Crippen molar-refractivity contribution >= 4 is 32.6 Å². The highest BCUT2D eigenvalue weighted by Crippen LogP contribution is 2.31. The van der Waals surface area contributed by atoms with E-state index in [-0.39, 0.29) is 5.91 Å². The van der Waals surface area contributed by atoms with Crippen molar-refractivity contribution in [3.8, 4) is 11.5 Å². The Bertz CT molecular complexity index is 912. The number of methoxy groups -OCH3 is 1. The van der Waals surface area contributed by atoms with Crippen molar-refractivity contribution in [2.45, 2.75) is 6.42 Å². The average molecular weight is 400 g/mol. The van der Waals surface area contributed by atoms with Crippen molar-refractivity contribution in [2.24, 2.45) is 0 Å². The SMILES string of the molecule is COc1ccc2nc(N(CCN(C)C)C(=O)CCOc3ccccc3)sc2c1. The molecule has 3 rings (SSSR count). The summed E-state index contributed by atoms with van der Waals surface area (Å²) in [4.78, 5) is 21.4. The highest BCUT2D eigenvalue weighted by Gasteiger charge is 2.20. The van der Waals surface area contributed by atoms with Gasteiger partial charge in [0.25, 0.3) is 0 Å². The molecule has 1 heterocycles. The van der Waals surface area contributed by atoms with Crippen LogP contribution in [0.5, 0.6) is 11.5 Å². The molecule has 0 aliphatic rings. The Kier molecular flexibility index (Phi) is 6.84. The van der Waals surface area contributed by atoms with Crippen LogP contribution in [0.1, 0.15) is 6.42 Å². The molecule has 0 saturated heterocycles. The van der Waals surface area contributed by atoms with Gasteiger partial charge in [-0.25, -0.2) is 4.98 Å². The van der Waals surface area contributed by atoms with Crippen LogP contribution >= 0.6 is 11.3 Å². The van der Waals surface area contributed by atoms with E-state index in [1.165, 1.54) is 11.3 Å². The number of rotatable bonds is 9. The fourth-order valence-electron chi connectivity index (χ4n) is 2.67. The molecule has 1 amide bonds. The molecule has 0 radical (unpaired) electrons. The second kappa shape index (κ2) is 9.52. The first-order chi connectivity index (χ1) is 13.6. The summed E-state index contributed by atoms with van der Waals surface area (Å²) in [5.74, 6) is 1.55. The van der Waals surface area contributed by atoms with Gasteiger partial charge in [-0.05, 0) is 44.4 Å². The minimum absolute atomic E-state index is 0.00352. The fraction of sp³-hybridized carbons (Fsp3) is 0.333. The second-order valence-electron chi connectivity index (χ2n) is 6.59. The molecule has 0 bridgehead atoms. The Balaban J connectivity index is 1.73. The van der Waals surface area contributed by atoms with Gasteiger partial charge in [-0.2, -0.15) is 0 Å². The van der Waals surface area contributed by atoms with Crippen LogP contribution in [-0.4, -0.2) is 56.7 Å². The predicted molar refractivity (Wildman–Crippen MR) is 114 cm³/mol. The molecule has 3 aromatic rings. The van der Waals surface area contributed by atoms with E-state index in [9.17, 15) is 4.79 Å². The van der Waals surface area contributed by atoms with Gasteiger partial charge >= 0.3 is 0 Å². The Morgan fingerprint density at radius 3 is 2.57 bits per heavy atom. The van der Waals surface area contributed by atoms with E-state index in [2.05, 4.69) is 9.88 Å². The number of para-hydroxylation sites is 1. The highest BCUT2D eigenvalue weighted by atomic mass is 32.1. The molecule has 2 aromatic carbocycles. The van der Waals surface area contributed by atoms with Gasteiger partial charge in [0.2, 0.25) is 5.91 Å². The molecule has 0 aliphatic heterocycles. The molecule has 148 valence electrons. The number of anilines is 1. The number of carbonyl (C=O) groups excluding carboxylic acids is 1. The Morgan fingerprint density at radius 1 is 1.07 bits per heavy atom. The summed E-state index contributed by atoms with van der Waals surface area (Å²) >= 11 is 1.50. The average Bonchev–Trinajstić information content (AvgIpc) is 3.11. The third-order valence-electron chi connectivity index (χ3n) is 4.21. The summed E-state index contributed by atoms with van der Waals surface area (Å²) in [5, 5.41) is 0.704. The number of likely N-dealkylation sites (N-methyl/N-ethyl adjacent to an activating group) is 1. The molecule has 28 heavy (non-hydrogen) atoms. The van der Waals surface area contributed by atoms with E-state index < -0.39 is 0 Å². The largest absolute Gasteiger partial charge is 0.497 e. The van der Waals surface area contributed by atoms with Crippen molar-refractivity contribution in [2.75, 3.05) is 45.8 Å². The molecule has 0 unspecified atom stereocenters. The van der Waals surface area contributed by atoms with Crippen molar-refractivity contribution < 1.29 is 14.3 Å². The standard InChI is InChI=1S/C21H25N3O3S/c1-23(2)12-13-24(20(25)11-14-27-16-7-5-4-6-8-16)21-22-18-10-9-17(26-3)15-19(18)28-21/h4-10,15H,11-14H2,1-3H3. The number of amides is 1. The van der Waals surface area contributed by atoms with Gasteiger partial charge in [-0.1, -0.05) is 29.5 Å². The Labute approximate surface area is 169 Å². The van der Waals surface area contributed by atoms with Crippen molar-refractivity contribution in [1.29, 1.82) is 0 Å². The Hall–Kier alpha value is -2.64. The lowest BCUT2D eigenvalue weighted by molar-refractivity contribution is -0.119. The van der Waals surface area contributed by atoms with Crippen molar-refractivity contribution in [1.82, 2.24) is 9.88 Å². The van der Waals surface area contributed by atoms with Gasteiger partial charge in [0.1, 0.15) is 11.5 Å². The summed E-state index contributed by atoms with van der Waals surface area (Å²) in [6.45, 7) is 1.67. The van der Waals surface area contributed by atoms with E-state index in [1.807, 2.05) is 62.6 Å². The predicted octanol–water partition coefficient (Wildman–Crippen LogP) is 3.67. The van der Waals surface area contributed by atoms with Gasteiger partial charge in [-0.3, -0.25) is 9.69 Å². The van der Waals surface area contributed by atoms with E-state index in [1.54, 1.807) is 12.0 Å². The van der Waals surface area contributed by atoms with E-state index in [0.717, 1.165) is 28.3 Å². The summed E-state index contributed by atoms with van der Waals surface area (Å²) < 4.78 is 12.0. The number of carbonyl (C=O) groups is 1. The highest BCUT2D eigenvalue weighted by molar-refractivity contribution is 7.22. The summed E-state index contributed by atoms with van der Waals surface area (Å²) in [6, 6.07) is 15.3. The fourth-order valence-corrected chi connectivity index (χ4v) is 3.71. The molecule has 0 spiro atoms. The van der Waals surface area contributed by atoms with Gasteiger partial charge in [0.15, 0.2) is 5.13 Å². The van der Waals surface area contributed by atoms with E-state index >= 15 is 0 Å². The summed E-state index contributed by atoms with van der Waals surface area (Å²) in [5.41, 5.74) is 0.865. The van der Waals surface area contributed by atoms with Crippen LogP contribution in [-0.2, 0) is 4.79 Å². The molecule has 6 nitrogen and oxygen atoms in total. The zero-order chi connectivity index (χ0) is 19.9. The first-order valence-corrected chi connectivity index (χ1v) is 9.96. The smallest absolute Gasteiger partial charge is 0.232 e. The number of hydrogen-bond donors (Lipinski definition) is 0. The molecular weight excluding hydrogens is 374 g/mol. The molecular formula is C21H25N3O3S. The first-order valence-electron chi connectivity index (χ1n) is 9.14. The number of ether oxygens (including phenoxy) is 2. The molecule has 0 fully saturated rings. The van der Waals surface area contributed by atoms with Crippen LogP contribution in [0.3, 0.4) is 0 Å². The van der Waals surface area contributed by atoms with Gasteiger partial charge < -0.3 is 14.4 Å². The van der Waals surface area contributed by atoms with Crippen LogP contribution in [0.25, 0.3) is 10.2 Å². The zero-order valence-corrected chi connectivity index (χ0v) is 17.2. The minimum atomic E-state index is 0.00352. The van der Waals surface area contributed by atoms with E-state index in [0.29, 0.717) is 24.7 Å². The maximum atomic E-state index is 12.9. The number of thiazole rings is 1. The third kappa shape index (κ3) is 5.21. The first kappa shape index (κ1) is 20.1. The lowest BCUT2D eigenvalue weighted by atomic mass is 10.3. The van der Waals surface area contributed by atoms with Gasteiger partial charge in [-0.15, -0.1) is 0 Å². The van der Waals surface area contributed by atoms with Crippen molar-refractivity contribution in [3.05, 3.63) is 48.5 Å². The normalized spacial score (nSPS) is 11.0. The molecule has 0 N–H and O–H groups in total. The van der Waals surface area contributed by atoms with Crippen LogP contribution in [0.4, 0.5) is 5.13 Å². The summed E-state index contributed by atoms with van der Waals surface area (Å²) in [6.07, 6.45) is 0.293. The zero-order valence-electron chi connectivity index (χ0n) is 16.4. The number of benzene rings is 2. The molecule has 1 aromatic heterocycles. The monoisotopic (exact) mass is 399 g/mol. The van der Waals surface area contributed by atoms with Gasteiger partial charge in [0.05, 0.1) is 30.4 Å². The maximum absolute atomic E-state index is 12.9. The van der Waals surface area contributed by atoms with Crippen LogP contribution in [0.15, 0.2) is 48.5 Å². The lowest BCUT2D eigenvalue weighted by Crippen LogP contribution is -2.37. The number of hydrogen-bond acceptors (Lipinski definition) is 6. The van der Waals surface area contributed by atoms with Gasteiger partial charge in [0, 0.05) is 13.1 Å². The summed E-state index contributed by atoms with van der Waals surface area (Å²) in [7, 11) is 5.62. The minimum Gasteiger partial charge on any atom is -0.497 e. The number of aromatic nitrogens is 1. The second-order valence-corrected chi connectivity index (χ2v) is 7.60. The molecule has 0 aliphatic carbocycles. The van der Waals surface area contributed by atoms with Crippen LogP contribution in [0, 0.1) is 0 Å². The van der Waals surface area contributed by atoms with E-state index in [4.69, 9.17) is 9.47 Å². The molecule has 0 saturated carbocycles. The third-order valence-corrected chi connectivity index (χ3v) is 5.26. The topological polar surface area (TPSA) is 54.9 Å². The maximum Gasteiger partial charge on any atom is 0.232 e. The van der Waals surface area contributed by atoms with Crippen molar-refractivity contribution in [3.63, 3.8) is 0 Å². The Morgan fingerprint density at radius 2 is 1.86 bits per heavy atom. The lowest BCUT2D eigenvalue weighted by Gasteiger charge is -2.22. The quantitative estimate of drug-likeness (QED) is 0.550.